The molecule has 0 saturated carbocycles. The second-order valence-corrected chi connectivity index (χ2v) is 5.25. The van der Waals surface area contributed by atoms with Crippen LogP contribution < -0.4 is 0 Å². The maximum Gasteiger partial charge on any atom is 0.303 e. The molecule has 0 saturated heterocycles. The van der Waals surface area contributed by atoms with Gasteiger partial charge in [0.15, 0.2) is 0 Å². The Morgan fingerprint density at radius 3 is 1.87 bits per heavy atom. The van der Waals surface area contributed by atoms with Crippen molar-refractivity contribution in [3.05, 3.63) is 0 Å². The molecular weight excluding hydrogens is 228 g/mol. The molecule has 90 valence electrons. The molecule has 0 spiro atoms. The zero-order valence-corrected chi connectivity index (χ0v) is 11.0. The van der Waals surface area contributed by atoms with Crippen LogP contribution in [-0.4, -0.2) is 16.8 Å². The van der Waals surface area contributed by atoms with Crippen LogP contribution >= 0.6 is 22.5 Å². The normalized spacial score (nSPS) is 10.5. The quantitative estimate of drug-likeness (QED) is 0.328. The van der Waals surface area contributed by atoms with Crippen LogP contribution in [0.1, 0.15) is 57.8 Å². The minimum Gasteiger partial charge on any atom is -0.481 e. The van der Waals surface area contributed by atoms with Crippen molar-refractivity contribution in [2.45, 2.75) is 57.8 Å². The van der Waals surface area contributed by atoms with Gasteiger partial charge in [0.25, 0.3) is 0 Å². The summed E-state index contributed by atoms with van der Waals surface area (Å²) in [5.41, 5.74) is 0. The van der Waals surface area contributed by atoms with E-state index >= 15 is 0 Å². The van der Waals surface area contributed by atoms with E-state index in [0.717, 1.165) is 18.6 Å². The van der Waals surface area contributed by atoms with Crippen LogP contribution in [0.5, 0.6) is 0 Å². The second kappa shape index (κ2) is 12.2. The van der Waals surface area contributed by atoms with E-state index in [1.165, 1.54) is 38.5 Å². The Hall–Kier alpha value is 0.170. The van der Waals surface area contributed by atoms with Gasteiger partial charge in [-0.05, 0) is 12.8 Å². The predicted molar refractivity (Wildman–Crippen MR) is 70.6 cm³/mol. The highest BCUT2D eigenvalue weighted by Gasteiger charge is 1.96. The van der Waals surface area contributed by atoms with Gasteiger partial charge in [0.05, 0.1) is 0 Å². The molecule has 0 aromatic heterocycles. The standard InChI is InChI=1S/C11H22O2S2/c12-11(13)9-7-5-3-1-2-4-6-8-10-15-14/h14H,1-10H2,(H,12,13). The monoisotopic (exact) mass is 250 g/mol. The number of carboxylic acid groups (broad SMARTS) is 1. The number of carbonyl (C=O) groups is 1. The van der Waals surface area contributed by atoms with Gasteiger partial charge in [-0.1, -0.05) is 49.3 Å². The zero-order valence-electron chi connectivity index (χ0n) is 9.28. The summed E-state index contributed by atoms with van der Waals surface area (Å²) < 4.78 is 0. The lowest BCUT2D eigenvalue weighted by Gasteiger charge is -2.00. The molecule has 0 aromatic rings. The molecule has 0 aliphatic rings. The van der Waals surface area contributed by atoms with Crippen molar-refractivity contribution in [1.82, 2.24) is 0 Å². The van der Waals surface area contributed by atoms with Crippen LogP contribution in [0, 0.1) is 0 Å². The number of hydrogen-bond donors (Lipinski definition) is 2. The number of rotatable bonds is 11. The average Bonchev–Trinajstić information content (AvgIpc) is 2.20. The molecule has 0 aliphatic carbocycles. The Morgan fingerprint density at radius 1 is 0.933 bits per heavy atom. The molecule has 0 aromatic carbocycles. The maximum absolute atomic E-state index is 10.2. The van der Waals surface area contributed by atoms with Gasteiger partial charge in [0, 0.05) is 12.2 Å². The van der Waals surface area contributed by atoms with E-state index in [9.17, 15) is 4.79 Å². The van der Waals surface area contributed by atoms with Crippen LogP contribution in [0.3, 0.4) is 0 Å². The molecule has 0 radical (unpaired) electrons. The van der Waals surface area contributed by atoms with Gasteiger partial charge in [-0.25, -0.2) is 0 Å². The van der Waals surface area contributed by atoms with Crippen molar-refractivity contribution in [1.29, 1.82) is 0 Å². The van der Waals surface area contributed by atoms with Gasteiger partial charge in [-0.2, -0.15) is 0 Å². The van der Waals surface area contributed by atoms with Crippen molar-refractivity contribution in [2.24, 2.45) is 0 Å². The van der Waals surface area contributed by atoms with Crippen LogP contribution in [0.15, 0.2) is 0 Å². The average molecular weight is 250 g/mol. The van der Waals surface area contributed by atoms with Crippen molar-refractivity contribution < 1.29 is 9.90 Å². The Kier molecular flexibility index (Phi) is 12.4. The van der Waals surface area contributed by atoms with E-state index < -0.39 is 5.97 Å². The topological polar surface area (TPSA) is 37.3 Å². The Morgan fingerprint density at radius 2 is 1.40 bits per heavy atom. The van der Waals surface area contributed by atoms with Crippen molar-refractivity contribution >= 4 is 28.4 Å². The first-order chi connectivity index (χ1) is 7.27. The summed E-state index contributed by atoms with van der Waals surface area (Å²) in [5, 5.41) is 8.43. The largest absolute Gasteiger partial charge is 0.481 e. The van der Waals surface area contributed by atoms with Crippen molar-refractivity contribution in [3.8, 4) is 0 Å². The van der Waals surface area contributed by atoms with E-state index in [4.69, 9.17) is 5.11 Å². The highest BCUT2D eigenvalue weighted by Crippen LogP contribution is 2.12. The van der Waals surface area contributed by atoms with Crippen LogP contribution in [0.4, 0.5) is 0 Å². The fraction of sp³-hybridized carbons (Fsp3) is 0.909. The molecule has 0 amide bonds. The molecule has 4 heteroatoms. The fourth-order valence-corrected chi connectivity index (χ4v) is 2.22. The van der Waals surface area contributed by atoms with E-state index in [1.54, 1.807) is 10.8 Å². The molecule has 0 unspecified atom stereocenters. The molecule has 0 bridgehead atoms. The number of aliphatic carboxylic acids is 1. The molecule has 1 N–H and O–H groups in total. The molecule has 0 atom stereocenters. The SMILES string of the molecule is O=C(O)CCCCCCCCCCSS. The lowest BCUT2D eigenvalue weighted by molar-refractivity contribution is -0.137. The van der Waals surface area contributed by atoms with Gasteiger partial charge in [0.2, 0.25) is 0 Å². The van der Waals surface area contributed by atoms with E-state index in [0.29, 0.717) is 6.42 Å². The van der Waals surface area contributed by atoms with E-state index in [-0.39, 0.29) is 0 Å². The minimum atomic E-state index is -0.667. The van der Waals surface area contributed by atoms with Crippen molar-refractivity contribution in [3.63, 3.8) is 0 Å². The number of carboxylic acids is 1. The van der Waals surface area contributed by atoms with Gasteiger partial charge in [-0.15, -0.1) is 11.7 Å². The summed E-state index contributed by atoms with van der Waals surface area (Å²) in [7, 11) is 1.62. The molecule has 0 aliphatic heterocycles. The maximum atomic E-state index is 10.2. The number of thiol groups is 1. The summed E-state index contributed by atoms with van der Waals surface area (Å²) in [5.74, 6) is 0.487. The number of unbranched alkanes of at least 4 members (excludes halogenated alkanes) is 7. The molecular formula is C11H22O2S2. The second-order valence-electron chi connectivity index (χ2n) is 3.81. The summed E-state index contributed by atoms with van der Waals surface area (Å²) in [6.07, 6.45) is 9.87. The lowest BCUT2D eigenvalue weighted by Crippen LogP contribution is -1.93. The summed E-state index contributed by atoms with van der Waals surface area (Å²) in [4.78, 5) is 10.2. The van der Waals surface area contributed by atoms with Crippen molar-refractivity contribution in [2.75, 3.05) is 5.75 Å². The third-order valence-electron chi connectivity index (χ3n) is 2.38. The number of hydrogen-bond acceptors (Lipinski definition) is 3. The predicted octanol–water partition coefficient (Wildman–Crippen LogP) is 4.16. The van der Waals surface area contributed by atoms with E-state index in [1.807, 2.05) is 0 Å². The zero-order chi connectivity index (χ0) is 11.4. The first kappa shape index (κ1) is 15.2. The molecule has 0 fully saturated rings. The van der Waals surface area contributed by atoms with Crippen LogP contribution in [-0.2, 0) is 4.79 Å². The first-order valence-corrected chi connectivity index (χ1v) is 7.79. The Bertz CT molecular complexity index is 152. The van der Waals surface area contributed by atoms with Gasteiger partial charge < -0.3 is 5.11 Å². The summed E-state index contributed by atoms with van der Waals surface area (Å²) in [6.45, 7) is 0. The summed E-state index contributed by atoms with van der Waals surface area (Å²) in [6, 6.07) is 0. The van der Waals surface area contributed by atoms with E-state index in [2.05, 4.69) is 11.7 Å². The molecule has 15 heavy (non-hydrogen) atoms. The smallest absolute Gasteiger partial charge is 0.303 e. The molecule has 2 nitrogen and oxygen atoms in total. The van der Waals surface area contributed by atoms with Gasteiger partial charge >= 0.3 is 5.97 Å². The minimum absolute atomic E-state index is 0.333. The summed E-state index contributed by atoms with van der Waals surface area (Å²) >= 11 is 4.09. The fourth-order valence-electron chi connectivity index (χ4n) is 1.50. The van der Waals surface area contributed by atoms with Crippen LogP contribution in [0.2, 0.25) is 0 Å². The third-order valence-corrected chi connectivity index (χ3v) is 3.40. The molecule has 0 rings (SSSR count). The highest BCUT2D eigenvalue weighted by atomic mass is 33.1. The highest BCUT2D eigenvalue weighted by molar-refractivity contribution is 8.68. The van der Waals surface area contributed by atoms with Gasteiger partial charge in [-0.3, -0.25) is 4.79 Å². The first-order valence-electron chi connectivity index (χ1n) is 5.75. The molecule has 0 heterocycles. The van der Waals surface area contributed by atoms with Crippen LogP contribution in [0.25, 0.3) is 0 Å². The Labute approximate surface area is 102 Å². The lowest BCUT2D eigenvalue weighted by atomic mass is 10.1. The van der Waals surface area contributed by atoms with Gasteiger partial charge in [0.1, 0.15) is 0 Å². The Balaban J connectivity index is 2.89. The third kappa shape index (κ3) is 14.2.